The quantitative estimate of drug-likeness (QED) is 0.342. The summed E-state index contributed by atoms with van der Waals surface area (Å²) in [6.45, 7) is 6.54. The number of halogens is 2. The number of methoxy groups -OCH3 is 1. The van der Waals surface area contributed by atoms with E-state index in [1.807, 2.05) is 62.1 Å². The van der Waals surface area contributed by atoms with Gasteiger partial charge in [0.25, 0.3) is 5.91 Å². The lowest BCUT2D eigenvalue weighted by Gasteiger charge is -2.34. The van der Waals surface area contributed by atoms with Crippen molar-refractivity contribution in [1.82, 2.24) is 9.80 Å². The zero-order chi connectivity index (χ0) is 27.4. The second-order valence-corrected chi connectivity index (χ2v) is 11.4. The van der Waals surface area contributed by atoms with E-state index in [9.17, 15) is 9.59 Å². The summed E-state index contributed by atoms with van der Waals surface area (Å²) in [5.74, 6) is 0.526. The van der Waals surface area contributed by atoms with E-state index in [0.29, 0.717) is 40.9 Å². The van der Waals surface area contributed by atoms with E-state index in [-0.39, 0.29) is 25.3 Å². The predicted octanol–water partition coefficient (Wildman–Crippen LogP) is 6.56. The zero-order valence-electron chi connectivity index (χ0n) is 22.3. The normalized spacial score (nSPS) is 15.9. The predicted molar refractivity (Wildman–Crippen MR) is 148 cm³/mol. The summed E-state index contributed by atoms with van der Waals surface area (Å²) in [6.07, 6.45) is 1.91. The molecule has 2 aliphatic rings. The number of hydrogen-bond donors (Lipinski definition) is 0. The molecule has 1 heterocycles. The van der Waals surface area contributed by atoms with Gasteiger partial charge in [0.15, 0.2) is 6.79 Å². The Morgan fingerprint density at radius 1 is 1.11 bits per heavy atom. The molecule has 1 aliphatic carbocycles. The van der Waals surface area contributed by atoms with Gasteiger partial charge in [-0.25, -0.2) is 4.79 Å². The smallest absolute Gasteiger partial charge is 0.410 e. The van der Waals surface area contributed by atoms with Gasteiger partial charge in [-0.15, -0.1) is 0 Å². The van der Waals surface area contributed by atoms with Crippen LogP contribution in [0.5, 0.6) is 5.75 Å². The third-order valence-corrected chi connectivity index (χ3v) is 7.26. The molecule has 0 N–H and O–H groups in total. The lowest BCUT2D eigenvalue weighted by molar-refractivity contribution is -0.128. The van der Waals surface area contributed by atoms with Crippen molar-refractivity contribution in [3.63, 3.8) is 0 Å². The van der Waals surface area contributed by atoms with Crippen LogP contribution in [-0.4, -0.2) is 60.4 Å². The average molecular weight is 562 g/mol. The molecule has 2 aromatic rings. The van der Waals surface area contributed by atoms with Gasteiger partial charge in [-0.3, -0.25) is 4.79 Å². The molecular weight excluding hydrogens is 527 g/mol. The van der Waals surface area contributed by atoms with E-state index in [0.717, 1.165) is 29.5 Å². The van der Waals surface area contributed by atoms with E-state index in [4.69, 9.17) is 37.4 Å². The van der Waals surface area contributed by atoms with Crippen LogP contribution < -0.4 is 4.74 Å². The second kappa shape index (κ2) is 12.0. The Balaban J connectivity index is 1.70. The van der Waals surface area contributed by atoms with Crippen molar-refractivity contribution in [2.45, 2.75) is 58.2 Å². The first-order chi connectivity index (χ1) is 18.1. The van der Waals surface area contributed by atoms with Crippen LogP contribution in [0.4, 0.5) is 4.79 Å². The lowest BCUT2D eigenvalue weighted by Crippen LogP contribution is -2.44. The summed E-state index contributed by atoms with van der Waals surface area (Å²) < 4.78 is 16.3. The Morgan fingerprint density at radius 3 is 2.53 bits per heavy atom. The van der Waals surface area contributed by atoms with Gasteiger partial charge in [-0.05, 0) is 74.9 Å². The highest BCUT2D eigenvalue weighted by Crippen LogP contribution is 2.36. The Labute approximate surface area is 234 Å². The topological polar surface area (TPSA) is 68.3 Å². The van der Waals surface area contributed by atoms with E-state index in [1.165, 1.54) is 0 Å². The van der Waals surface area contributed by atoms with Gasteiger partial charge in [-0.1, -0.05) is 47.5 Å². The van der Waals surface area contributed by atoms with Crippen LogP contribution in [0.3, 0.4) is 0 Å². The van der Waals surface area contributed by atoms with Gasteiger partial charge in [-0.2, -0.15) is 0 Å². The zero-order valence-corrected chi connectivity index (χ0v) is 23.8. The van der Waals surface area contributed by atoms with Gasteiger partial charge in [0.05, 0.1) is 16.6 Å². The van der Waals surface area contributed by atoms with Gasteiger partial charge < -0.3 is 24.0 Å². The van der Waals surface area contributed by atoms with Crippen molar-refractivity contribution >= 4 is 40.8 Å². The molecule has 38 heavy (non-hydrogen) atoms. The first-order valence-electron chi connectivity index (χ1n) is 12.7. The van der Waals surface area contributed by atoms with Crippen LogP contribution in [-0.2, 0) is 20.8 Å². The Bertz CT molecular complexity index is 1220. The summed E-state index contributed by atoms with van der Waals surface area (Å²) in [5.41, 5.74) is 2.48. The Kier molecular flexibility index (Phi) is 8.91. The lowest BCUT2D eigenvalue weighted by atomic mass is 9.92. The first kappa shape index (κ1) is 28.3. The molecule has 1 aliphatic heterocycles. The maximum Gasteiger partial charge on any atom is 0.410 e. The maximum absolute atomic E-state index is 14.2. The molecule has 204 valence electrons. The number of benzene rings is 2. The van der Waals surface area contributed by atoms with Crippen LogP contribution in [0, 0.1) is 0 Å². The summed E-state index contributed by atoms with van der Waals surface area (Å²) in [5, 5.41) is 0.901. The maximum atomic E-state index is 14.2. The van der Waals surface area contributed by atoms with Crippen molar-refractivity contribution in [2.75, 3.05) is 27.0 Å². The molecule has 1 saturated carbocycles. The number of nitrogens with zero attached hydrogens (tertiary/aromatic N) is 2. The molecule has 2 amide bonds. The molecular formula is C29H34Cl2N2O5. The Morgan fingerprint density at radius 2 is 1.84 bits per heavy atom. The van der Waals surface area contributed by atoms with Gasteiger partial charge in [0.1, 0.15) is 11.4 Å². The minimum absolute atomic E-state index is 0.111. The Hall–Kier alpha value is -2.74. The molecule has 0 bridgehead atoms. The van der Waals surface area contributed by atoms with E-state index in [1.54, 1.807) is 18.1 Å². The molecule has 0 radical (unpaired) electrons. The highest BCUT2D eigenvalue weighted by Gasteiger charge is 2.38. The van der Waals surface area contributed by atoms with Crippen molar-refractivity contribution in [2.24, 2.45) is 0 Å². The third-order valence-electron chi connectivity index (χ3n) is 6.40. The van der Waals surface area contributed by atoms with Crippen LogP contribution in [0.1, 0.15) is 51.2 Å². The third kappa shape index (κ3) is 7.01. The van der Waals surface area contributed by atoms with Gasteiger partial charge in [0, 0.05) is 31.8 Å². The molecule has 2 aromatic carbocycles. The number of carbonyl (C=O) groups is 2. The molecule has 0 unspecified atom stereocenters. The molecule has 9 heteroatoms. The second-order valence-electron chi connectivity index (χ2n) is 10.6. The fourth-order valence-corrected chi connectivity index (χ4v) is 4.82. The van der Waals surface area contributed by atoms with E-state index in [2.05, 4.69) is 0 Å². The van der Waals surface area contributed by atoms with Crippen LogP contribution in [0.2, 0.25) is 10.0 Å². The van der Waals surface area contributed by atoms with E-state index < -0.39 is 11.7 Å². The molecule has 0 saturated heterocycles. The average Bonchev–Trinajstić information content (AvgIpc) is 3.72. The molecule has 7 nitrogen and oxygen atoms in total. The largest absolute Gasteiger partial charge is 0.468 e. The number of hydrogen-bond acceptors (Lipinski definition) is 5. The van der Waals surface area contributed by atoms with Crippen LogP contribution in [0.25, 0.3) is 5.57 Å². The molecule has 4 rings (SSSR count). The number of ether oxygens (including phenoxy) is 3. The fourth-order valence-electron chi connectivity index (χ4n) is 4.44. The monoisotopic (exact) mass is 560 g/mol. The van der Waals surface area contributed by atoms with E-state index >= 15 is 0 Å². The van der Waals surface area contributed by atoms with Gasteiger partial charge in [0.2, 0.25) is 0 Å². The molecule has 0 aromatic heterocycles. The molecule has 0 atom stereocenters. The highest BCUT2D eigenvalue weighted by atomic mass is 35.5. The summed E-state index contributed by atoms with van der Waals surface area (Å²) in [6, 6.07) is 13.2. The highest BCUT2D eigenvalue weighted by molar-refractivity contribution is 6.42. The number of carbonyl (C=O) groups excluding carboxylic acids is 2. The first-order valence-corrected chi connectivity index (χ1v) is 13.5. The van der Waals surface area contributed by atoms with Crippen LogP contribution >= 0.6 is 23.2 Å². The van der Waals surface area contributed by atoms with Crippen LogP contribution in [0.15, 0.2) is 48.0 Å². The van der Waals surface area contributed by atoms with Gasteiger partial charge >= 0.3 is 6.09 Å². The van der Waals surface area contributed by atoms with Crippen molar-refractivity contribution in [1.29, 1.82) is 0 Å². The summed E-state index contributed by atoms with van der Waals surface area (Å²) in [7, 11) is 1.56. The molecule has 0 spiro atoms. The number of amides is 2. The fraction of sp³-hybridized carbons (Fsp3) is 0.448. The summed E-state index contributed by atoms with van der Waals surface area (Å²) in [4.78, 5) is 30.7. The minimum Gasteiger partial charge on any atom is -0.468 e. The summed E-state index contributed by atoms with van der Waals surface area (Å²) >= 11 is 12.7. The van der Waals surface area contributed by atoms with Crippen molar-refractivity contribution < 1.29 is 23.8 Å². The van der Waals surface area contributed by atoms with Crippen molar-refractivity contribution in [3.8, 4) is 5.75 Å². The minimum atomic E-state index is -0.637. The molecule has 1 fully saturated rings. The standard InChI is InChI=1S/C29H34Cl2N2O5/c1-29(2,3)38-28(35)32-14-13-23(19-7-5-9-22(15-19)37-18-36-4)24(17-32)27(34)33(21-11-12-21)16-20-8-6-10-25(30)26(20)31/h5-10,15,21H,11-14,16-18H2,1-4H3. The number of rotatable bonds is 8. The SMILES string of the molecule is COCOc1cccc(C2=C(C(=O)N(Cc3cccc(Cl)c3Cl)C3CC3)CN(C(=O)OC(C)(C)C)CC2)c1. The van der Waals surface area contributed by atoms with Crippen molar-refractivity contribution in [3.05, 3.63) is 69.2 Å².